The van der Waals surface area contributed by atoms with Gasteiger partial charge in [-0.1, -0.05) is 0 Å². The second-order valence-corrected chi connectivity index (χ2v) is 5.18. The lowest BCUT2D eigenvalue weighted by molar-refractivity contribution is 0.597. The summed E-state index contributed by atoms with van der Waals surface area (Å²) in [5.74, 6) is 0. The summed E-state index contributed by atoms with van der Waals surface area (Å²) in [5, 5.41) is 4.95. The molecule has 0 saturated heterocycles. The maximum atomic E-state index is 10.9. The van der Waals surface area contributed by atoms with Crippen LogP contribution in [-0.2, 0) is 10.0 Å². The van der Waals surface area contributed by atoms with Crippen molar-refractivity contribution in [1.82, 2.24) is 0 Å². The highest BCUT2D eigenvalue weighted by molar-refractivity contribution is 14.1. The smallest absolute Gasteiger partial charge is 0.225 e. The van der Waals surface area contributed by atoms with Gasteiger partial charge in [0.25, 0.3) is 0 Å². The molecule has 0 spiro atoms. The minimum atomic E-state index is -3.55. The third-order valence-electron chi connectivity index (χ3n) is 1.46. The Morgan fingerprint density at radius 3 is 2.42 bits per heavy atom. The summed E-state index contributed by atoms with van der Waals surface area (Å²) in [4.78, 5) is 0.167. The largest absolute Gasteiger partial charge is 0.238 e. The Bertz CT molecular complexity index is 400. The van der Waals surface area contributed by atoms with Crippen LogP contribution >= 0.6 is 22.6 Å². The van der Waals surface area contributed by atoms with Crippen molar-refractivity contribution in [3.05, 3.63) is 27.3 Å². The van der Waals surface area contributed by atoms with Crippen molar-refractivity contribution in [1.29, 1.82) is 0 Å². The van der Waals surface area contributed by atoms with Crippen molar-refractivity contribution in [3.63, 3.8) is 0 Å². The van der Waals surface area contributed by atoms with Crippen LogP contribution in [0.2, 0.25) is 0 Å². The fraction of sp³-hybridized carbons (Fsp3) is 0.143. The molecule has 0 saturated carbocycles. The fourth-order valence-electron chi connectivity index (χ4n) is 0.794. The third-order valence-corrected chi connectivity index (χ3v) is 3.58. The van der Waals surface area contributed by atoms with E-state index in [2.05, 4.69) is 22.6 Å². The van der Waals surface area contributed by atoms with Gasteiger partial charge in [-0.25, -0.2) is 13.6 Å². The first-order valence-corrected chi connectivity index (χ1v) is 5.83. The van der Waals surface area contributed by atoms with E-state index in [0.29, 0.717) is 0 Å². The van der Waals surface area contributed by atoms with Crippen molar-refractivity contribution < 1.29 is 8.42 Å². The molecule has 0 aliphatic carbocycles. The van der Waals surface area contributed by atoms with Crippen molar-refractivity contribution in [2.24, 2.45) is 5.14 Å². The summed E-state index contributed by atoms with van der Waals surface area (Å²) in [6.45, 7) is 1.84. The van der Waals surface area contributed by atoms with Gasteiger partial charge in [0, 0.05) is 3.57 Å². The van der Waals surface area contributed by atoms with Gasteiger partial charge in [0.05, 0.1) is 4.90 Å². The number of benzene rings is 1. The van der Waals surface area contributed by atoms with E-state index in [0.717, 1.165) is 9.13 Å². The van der Waals surface area contributed by atoms with Crippen LogP contribution < -0.4 is 5.14 Å². The predicted molar refractivity (Wildman–Crippen MR) is 55.3 cm³/mol. The van der Waals surface area contributed by atoms with Crippen molar-refractivity contribution in [2.45, 2.75) is 11.8 Å². The average Bonchev–Trinajstić information content (AvgIpc) is 1.92. The number of aryl methyl sites for hydroxylation is 1. The van der Waals surface area contributed by atoms with Crippen molar-refractivity contribution >= 4 is 32.6 Å². The van der Waals surface area contributed by atoms with Gasteiger partial charge in [-0.3, -0.25) is 0 Å². The van der Waals surface area contributed by atoms with Crippen molar-refractivity contribution in [3.8, 4) is 0 Å². The van der Waals surface area contributed by atoms with E-state index in [1.54, 1.807) is 12.1 Å². The molecule has 0 heterocycles. The molecular weight excluding hydrogens is 289 g/mol. The highest BCUT2D eigenvalue weighted by Crippen LogP contribution is 2.15. The first-order valence-electron chi connectivity index (χ1n) is 3.20. The Hall–Kier alpha value is -0.140. The zero-order chi connectivity index (χ0) is 9.35. The molecule has 12 heavy (non-hydrogen) atoms. The maximum Gasteiger partial charge on any atom is 0.238 e. The lowest BCUT2D eigenvalue weighted by atomic mass is 10.2. The summed E-state index contributed by atoms with van der Waals surface area (Å²) in [5.41, 5.74) is 0.919. The summed E-state index contributed by atoms with van der Waals surface area (Å²) in [7, 11) is -3.55. The molecule has 1 aromatic carbocycles. The number of halogens is 1. The second-order valence-electron chi connectivity index (χ2n) is 2.46. The number of hydrogen-bond acceptors (Lipinski definition) is 2. The van der Waals surface area contributed by atoms with Gasteiger partial charge >= 0.3 is 0 Å². The molecule has 0 aliphatic rings. The van der Waals surface area contributed by atoms with Gasteiger partial charge in [0.15, 0.2) is 0 Å². The SMILES string of the molecule is Cc1cc(S(N)(=O)=O)ccc1I. The molecule has 0 aliphatic heterocycles. The molecule has 0 atom stereocenters. The zero-order valence-electron chi connectivity index (χ0n) is 6.41. The van der Waals surface area contributed by atoms with E-state index in [1.165, 1.54) is 6.07 Å². The highest BCUT2D eigenvalue weighted by Gasteiger charge is 2.07. The van der Waals surface area contributed by atoms with Crippen LogP contribution in [0, 0.1) is 10.5 Å². The van der Waals surface area contributed by atoms with E-state index in [-0.39, 0.29) is 4.90 Å². The van der Waals surface area contributed by atoms with Gasteiger partial charge in [-0.2, -0.15) is 0 Å². The summed E-state index contributed by atoms with van der Waals surface area (Å²) in [6.07, 6.45) is 0. The molecule has 0 amide bonds. The molecule has 66 valence electrons. The zero-order valence-corrected chi connectivity index (χ0v) is 9.39. The summed E-state index contributed by atoms with van der Waals surface area (Å²) in [6, 6.07) is 4.80. The van der Waals surface area contributed by atoms with Gasteiger partial charge in [-0.05, 0) is 53.3 Å². The number of hydrogen-bond donors (Lipinski definition) is 1. The number of nitrogens with two attached hydrogens (primary N) is 1. The van der Waals surface area contributed by atoms with E-state index >= 15 is 0 Å². The molecule has 5 heteroatoms. The predicted octanol–water partition coefficient (Wildman–Crippen LogP) is 1.25. The lowest BCUT2D eigenvalue weighted by Gasteiger charge is -2.00. The quantitative estimate of drug-likeness (QED) is 0.793. The van der Waals surface area contributed by atoms with E-state index in [4.69, 9.17) is 5.14 Å². The minimum absolute atomic E-state index is 0.167. The van der Waals surface area contributed by atoms with Crippen LogP contribution in [0.4, 0.5) is 0 Å². The van der Waals surface area contributed by atoms with Crippen LogP contribution in [0.3, 0.4) is 0 Å². The Morgan fingerprint density at radius 2 is 2.00 bits per heavy atom. The topological polar surface area (TPSA) is 60.2 Å². The third kappa shape index (κ3) is 2.18. The minimum Gasteiger partial charge on any atom is -0.225 e. The van der Waals surface area contributed by atoms with Crippen molar-refractivity contribution in [2.75, 3.05) is 0 Å². The normalized spacial score (nSPS) is 11.6. The molecule has 1 aromatic rings. The number of primary sulfonamides is 1. The summed E-state index contributed by atoms with van der Waals surface area (Å²) >= 11 is 2.13. The van der Waals surface area contributed by atoms with E-state index < -0.39 is 10.0 Å². The molecule has 0 unspecified atom stereocenters. The van der Waals surface area contributed by atoms with Gasteiger partial charge in [0.1, 0.15) is 0 Å². The summed E-state index contributed by atoms with van der Waals surface area (Å²) < 4.78 is 22.8. The highest BCUT2D eigenvalue weighted by atomic mass is 127. The van der Waals surface area contributed by atoms with Gasteiger partial charge < -0.3 is 0 Å². The van der Waals surface area contributed by atoms with Crippen LogP contribution in [0.5, 0.6) is 0 Å². The Balaban J connectivity index is 3.33. The average molecular weight is 297 g/mol. The molecule has 0 aromatic heterocycles. The van der Waals surface area contributed by atoms with Gasteiger partial charge in [-0.15, -0.1) is 0 Å². The van der Waals surface area contributed by atoms with Gasteiger partial charge in [0.2, 0.25) is 10.0 Å². The molecule has 2 N–H and O–H groups in total. The van der Waals surface area contributed by atoms with E-state index in [1.807, 2.05) is 6.92 Å². The fourth-order valence-corrected chi connectivity index (χ4v) is 1.73. The Kier molecular flexibility index (Phi) is 2.74. The number of sulfonamides is 1. The standard InChI is InChI=1S/C7H8INO2S/c1-5-4-6(12(9,10)11)2-3-7(5)8/h2-4H,1H3,(H2,9,10,11). The first kappa shape index (κ1) is 9.94. The Labute approximate surface area is 85.2 Å². The molecule has 0 bridgehead atoms. The molecule has 3 nitrogen and oxygen atoms in total. The van der Waals surface area contributed by atoms with Crippen LogP contribution in [-0.4, -0.2) is 8.42 Å². The van der Waals surface area contributed by atoms with Crippen LogP contribution in [0.15, 0.2) is 23.1 Å². The lowest BCUT2D eigenvalue weighted by Crippen LogP contribution is -2.12. The number of rotatable bonds is 1. The molecular formula is C7H8INO2S. The van der Waals surface area contributed by atoms with Crippen LogP contribution in [0.1, 0.15) is 5.56 Å². The van der Waals surface area contributed by atoms with Crippen LogP contribution in [0.25, 0.3) is 0 Å². The monoisotopic (exact) mass is 297 g/mol. The Morgan fingerprint density at radius 1 is 1.42 bits per heavy atom. The molecule has 0 radical (unpaired) electrons. The van der Waals surface area contributed by atoms with E-state index in [9.17, 15) is 8.42 Å². The maximum absolute atomic E-state index is 10.9. The molecule has 0 fully saturated rings. The molecule has 1 rings (SSSR count). The first-order chi connectivity index (χ1) is 5.41. The second kappa shape index (κ2) is 3.31.